The summed E-state index contributed by atoms with van der Waals surface area (Å²) < 4.78 is 7.25. The molecular formula is C28H27N5O2S2. The summed E-state index contributed by atoms with van der Waals surface area (Å²) in [6.07, 6.45) is 2.04. The van der Waals surface area contributed by atoms with Gasteiger partial charge in [0.15, 0.2) is 0 Å². The summed E-state index contributed by atoms with van der Waals surface area (Å²) in [5.41, 5.74) is 4.05. The molecule has 1 atom stereocenters. The number of fused-ring (bicyclic) bond motifs is 1. The number of aromatic nitrogens is 3. The van der Waals surface area contributed by atoms with Gasteiger partial charge in [-0.05, 0) is 48.6 Å². The third kappa shape index (κ3) is 5.38. The minimum atomic E-state index is -0.444. The number of nitrogens with zero attached hydrogens (tertiary/aromatic N) is 3. The van der Waals surface area contributed by atoms with E-state index in [1.807, 2.05) is 72.5 Å². The van der Waals surface area contributed by atoms with E-state index in [2.05, 4.69) is 34.9 Å². The molecule has 9 heteroatoms. The number of benzene rings is 3. The quantitative estimate of drug-likeness (QED) is 0.262. The van der Waals surface area contributed by atoms with Gasteiger partial charge in [-0.3, -0.25) is 4.79 Å². The van der Waals surface area contributed by atoms with Crippen LogP contribution in [0.4, 0.5) is 11.6 Å². The van der Waals surface area contributed by atoms with Crippen LogP contribution < -0.4 is 15.4 Å². The molecule has 0 radical (unpaired) electrons. The summed E-state index contributed by atoms with van der Waals surface area (Å²) >= 11 is 3.24. The average Bonchev–Trinajstić information content (AvgIpc) is 3.34. The second-order valence-corrected chi connectivity index (χ2v) is 10.3. The van der Waals surface area contributed by atoms with Crippen LogP contribution in [0.15, 0.2) is 100 Å². The van der Waals surface area contributed by atoms with E-state index in [1.165, 1.54) is 5.56 Å². The van der Waals surface area contributed by atoms with Crippen molar-refractivity contribution in [1.29, 1.82) is 0 Å². The number of nitrogens with one attached hydrogen (secondary N) is 2. The molecule has 188 valence electrons. The predicted octanol–water partition coefficient (Wildman–Crippen LogP) is 6.23. The summed E-state index contributed by atoms with van der Waals surface area (Å²) in [7, 11) is 1.59. The van der Waals surface area contributed by atoms with E-state index in [9.17, 15) is 4.79 Å². The molecular weight excluding hydrogens is 502 g/mol. The highest BCUT2D eigenvalue weighted by Crippen LogP contribution is 2.38. The van der Waals surface area contributed by atoms with Crippen molar-refractivity contribution in [3.63, 3.8) is 0 Å². The Balaban J connectivity index is 1.50. The molecule has 1 amide bonds. The topological polar surface area (TPSA) is 81.1 Å². The largest absolute Gasteiger partial charge is 0.495 e. The molecule has 4 aromatic rings. The van der Waals surface area contributed by atoms with Crippen molar-refractivity contribution in [2.75, 3.05) is 24.0 Å². The number of carbonyl (C=O) groups is 1. The highest BCUT2D eigenvalue weighted by Gasteiger charge is 2.34. The fourth-order valence-electron chi connectivity index (χ4n) is 4.24. The maximum atomic E-state index is 13.7. The molecule has 37 heavy (non-hydrogen) atoms. The van der Waals surface area contributed by atoms with Crippen LogP contribution in [0.25, 0.3) is 0 Å². The fourth-order valence-corrected chi connectivity index (χ4v) is 5.43. The van der Waals surface area contributed by atoms with Crippen molar-refractivity contribution >= 4 is 41.1 Å². The number of hydrogen-bond donors (Lipinski definition) is 2. The molecule has 2 heterocycles. The monoisotopic (exact) mass is 529 g/mol. The fraction of sp³-hybridized carbons (Fsp3) is 0.179. The average molecular weight is 530 g/mol. The van der Waals surface area contributed by atoms with Gasteiger partial charge in [-0.2, -0.15) is 4.98 Å². The van der Waals surface area contributed by atoms with Crippen molar-refractivity contribution in [2.24, 2.45) is 0 Å². The molecule has 3 aromatic carbocycles. The van der Waals surface area contributed by atoms with E-state index < -0.39 is 6.04 Å². The lowest BCUT2D eigenvalue weighted by molar-refractivity contribution is -0.113. The van der Waals surface area contributed by atoms with Gasteiger partial charge in [0.2, 0.25) is 11.1 Å². The first-order valence-electron chi connectivity index (χ1n) is 11.8. The highest BCUT2D eigenvalue weighted by molar-refractivity contribution is 7.98. The number of para-hydroxylation sites is 2. The van der Waals surface area contributed by atoms with Crippen LogP contribution in [-0.4, -0.2) is 34.0 Å². The molecule has 2 N–H and O–H groups in total. The smallest absolute Gasteiger partial charge is 0.255 e. The van der Waals surface area contributed by atoms with E-state index in [-0.39, 0.29) is 5.91 Å². The third-order valence-corrected chi connectivity index (χ3v) is 7.73. The van der Waals surface area contributed by atoms with Gasteiger partial charge in [0, 0.05) is 16.3 Å². The maximum absolute atomic E-state index is 13.7. The number of thioether (sulfide) groups is 2. The van der Waals surface area contributed by atoms with Crippen molar-refractivity contribution in [1.82, 2.24) is 14.8 Å². The van der Waals surface area contributed by atoms with Crippen LogP contribution in [0.5, 0.6) is 5.75 Å². The van der Waals surface area contributed by atoms with Gasteiger partial charge in [0.1, 0.15) is 11.8 Å². The molecule has 0 spiro atoms. The van der Waals surface area contributed by atoms with Crippen LogP contribution >= 0.6 is 23.5 Å². The zero-order valence-corrected chi connectivity index (χ0v) is 22.4. The molecule has 0 fully saturated rings. The van der Waals surface area contributed by atoms with Gasteiger partial charge < -0.3 is 15.4 Å². The van der Waals surface area contributed by atoms with E-state index in [1.54, 1.807) is 30.6 Å². The number of hydrogen-bond acceptors (Lipinski definition) is 7. The van der Waals surface area contributed by atoms with Crippen LogP contribution in [0.2, 0.25) is 0 Å². The van der Waals surface area contributed by atoms with E-state index >= 15 is 0 Å². The minimum Gasteiger partial charge on any atom is -0.495 e. The van der Waals surface area contributed by atoms with Gasteiger partial charge in [0.25, 0.3) is 5.91 Å². The molecule has 0 aliphatic carbocycles. The summed E-state index contributed by atoms with van der Waals surface area (Å²) in [4.78, 5) is 19.6. The Morgan fingerprint density at radius 2 is 1.78 bits per heavy atom. The molecule has 1 aliphatic rings. The molecule has 0 bridgehead atoms. The number of methoxy groups -OCH3 is 1. The lowest BCUT2D eigenvalue weighted by Gasteiger charge is -2.29. The molecule has 1 aliphatic heterocycles. The number of rotatable bonds is 8. The van der Waals surface area contributed by atoms with Gasteiger partial charge in [-0.25, -0.2) is 4.68 Å². The zero-order valence-electron chi connectivity index (χ0n) is 20.8. The predicted molar refractivity (Wildman–Crippen MR) is 150 cm³/mol. The van der Waals surface area contributed by atoms with Crippen LogP contribution in [-0.2, 0) is 10.5 Å². The number of amides is 1. The molecule has 0 saturated carbocycles. The van der Waals surface area contributed by atoms with Crippen molar-refractivity contribution in [3.05, 3.63) is 101 Å². The van der Waals surface area contributed by atoms with Crippen LogP contribution in [0.3, 0.4) is 0 Å². The Morgan fingerprint density at radius 3 is 2.51 bits per heavy atom. The number of ether oxygens (including phenoxy) is 1. The van der Waals surface area contributed by atoms with E-state index in [0.717, 1.165) is 21.9 Å². The normalized spacial score (nSPS) is 14.6. The van der Waals surface area contributed by atoms with E-state index in [0.29, 0.717) is 28.1 Å². The number of carbonyl (C=O) groups excluding carboxylic acids is 1. The molecule has 1 aromatic heterocycles. The van der Waals surface area contributed by atoms with Gasteiger partial charge in [-0.15, -0.1) is 16.9 Å². The Bertz CT molecular complexity index is 1430. The first-order valence-corrected chi connectivity index (χ1v) is 14.0. The van der Waals surface area contributed by atoms with Crippen LogP contribution in [0, 0.1) is 0 Å². The maximum Gasteiger partial charge on any atom is 0.255 e. The summed E-state index contributed by atoms with van der Waals surface area (Å²) in [5.74, 6) is 1.74. The van der Waals surface area contributed by atoms with Crippen LogP contribution in [0.1, 0.15) is 24.1 Å². The highest BCUT2D eigenvalue weighted by atomic mass is 32.2. The van der Waals surface area contributed by atoms with Crippen molar-refractivity contribution in [2.45, 2.75) is 28.8 Å². The second kappa shape index (κ2) is 11.1. The number of anilines is 2. The summed E-state index contributed by atoms with van der Waals surface area (Å²) in [5, 5.41) is 11.8. The second-order valence-electron chi connectivity index (χ2n) is 8.43. The molecule has 7 nitrogen and oxygen atoms in total. The Morgan fingerprint density at radius 1 is 1.05 bits per heavy atom. The van der Waals surface area contributed by atoms with E-state index in [4.69, 9.17) is 14.8 Å². The lowest BCUT2D eigenvalue weighted by Crippen LogP contribution is -2.31. The summed E-state index contributed by atoms with van der Waals surface area (Å²) in [6, 6.07) is 25.4. The molecule has 0 unspecified atom stereocenters. The molecule has 0 saturated heterocycles. The minimum absolute atomic E-state index is 0.229. The Labute approximate surface area is 224 Å². The van der Waals surface area contributed by atoms with Crippen molar-refractivity contribution in [3.8, 4) is 5.75 Å². The Kier molecular flexibility index (Phi) is 7.52. The third-order valence-electron chi connectivity index (χ3n) is 6.08. The summed E-state index contributed by atoms with van der Waals surface area (Å²) in [6.45, 7) is 1.90. The van der Waals surface area contributed by atoms with Gasteiger partial charge >= 0.3 is 0 Å². The lowest BCUT2D eigenvalue weighted by atomic mass is 9.95. The van der Waals surface area contributed by atoms with Gasteiger partial charge in [0.05, 0.1) is 18.4 Å². The first-order chi connectivity index (χ1) is 18.1. The SMILES string of the molecule is COc1ccccc1NC(=O)C1=C(C)Nc2nc(SCc3ccccc3)nn2[C@H]1c1ccc(SC)cc1. The standard InChI is InChI=1S/C28H27N5O2S2/c1-18-24(26(34)30-22-11-7-8-12-23(22)35-2)25(20-13-15-21(36-3)16-14-20)33-27(29-18)31-28(32-33)37-17-19-9-5-4-6-10-19/h4-16,25H,17H2,1-3H3,(H,30,34)(H,29,31,32)/t25-/m0/s1. The first kappa shape index (κ1) is 25.0. The number of allylic oxidation sites excluding steroid dienone is 1. The zero-order chi connectivity index (χ0) is 25.8. The van der Waals surface area contributed by atoms with Gasteiger partial charge in [-0.1, -0.05) is 66.4 Å². The van der Waals surface area contributed by atoms with Crippen molar-refractivity contribution < 1.29 is 9.53 Å². The molecule has 5 rings (SSSR count). The Hall–Kier alpha value is -3.69.